The number of hydrogen-bond acceptors (Lipinski definition) is 4. The minimum atomic E-state index is 0.768. The van der Waals surface area contributed by atoms with Crippen LogP contribution in [-0.4, -0.2) is 24.5 Å². The molecule has 1 aromatic rings. The predicted octanol–water partition coefficient (Wildman–Crippen LogP) is 2.18. The lowest BCUT2D eigenvalue weighted by molar-refractivity contribution is 0.194. The Bertz CT molecular complexity index is 268. The summed E-state index contributed by atoms with van der Waals surface area (Å²) in [5, 5.41) is 0. The molecule has 0 bridgehead atoms. The first kappa shape index (κ1) is 11.3. The van der Waals surface area contributed by atoms with Crippen molar-refractivity contribution in [2.24, 2.45) is 0 Å². The van der Waals surface area contributed by atoms with Gasteiger partial charge in [0, 0.05) is 24.8 Å². The van der Waals surface area contributed by atoms with Crippen molar-refractivity contribution in [1.29, 1.82) is 0 Å². The van der Waals surface area contributed by atoms with Gasteiger partial charge in [-0.3, -0.25) is 4.98 Å². The van der Waals surface area contributed by atoms with Crippen LogP contribution in [0.25, 0.3) is 0 Å². The Morgan fingerprint density at radius 3 is 3.07 bits per heavy atom. The molecule has 0 aromatic carbocycles. The Kier molecular flexibility index (Phi) is 5.40. The molecule has 0 saturated heterocycles. The van der Waals surface area contributed by atoms with E-state index in [9.17, 15) is 0 Å². The van der Waals surface area contributed by atoms with Crippen LogP contribution in [0, 0.1) is 0 Å². The molecule has 0 spiro atoms. The number of methoxy groups -OCH3 is 1. The average molecular weight is 212 g/mol. The summed E-state index contributed by atoms with van der Waals surface area (Å²) in [4.78, 5) is 5.07. The molecular formula is C10H16N2OS. The van der Waals surface area contributed by atoms with E-state index in [1.807, 2.05) is 6.07 Å². The van der Waals surface area contributed by atoms with E-state index < -0.39 is 0 Å². The molecule has 0 fully saturated rings. The number of ether oxygens (including phenoxy) is 1. The quantitative estimate of drug-likeness (QED) is 0.580. The van der Waals surface area contributed by atoms with Crippen molar-refractivity contribution in [3.8, 4) is 0 Å². The van der Waals surface area contributed by atoms with Gasteiger partial charge in [0.25, 0.3) is 0 Å². The summed E-state index contributed by atoms with van der Waals surface area (Å²) in [5.74, 6) is 1.08. The predicted molar refractivity (Wildman–Crippen MR) is 60.5 cm³/mol. The van der Waals surface area contributed by atoms with Crippen molar-refractivity contribution >= 4 is 17.4 Å². The number of nitrogens with two attached hydrogens (primary N) is 1. The number of nitrogens with zero attached hydrogens (tertiary/aromatic N) is 1. The maximum atomic E-state index is 5.75. The van der Waals surface area contributed by atoms with Crippen LogP contribution in [0.4, 0.5) is 5.69 Å². The smallest absolute Gasteiger partial charge is 0.0638 e. The molecule has 4 heteroatoms. The van der Waals surface area contributed by atoms with Crippen molar-refractivity contribution in [3.05, 3.63) is 18.5 Å². The number of unbranched alkanes of at least 4 members (excludes halogenated alkanes) is 1. The SMILES string of the molecule is COCCCCSc1ccncc1N. The Labute approximate surface area is 89.1 Å². The van der Waals surface area contributed by atoms with E-state index in [4.69, 9.17) is 10.5 Å². The van der Waals surface area contributed by atoms with E-state index in [0.29, 0.717) is 0 Å². The van der Waals surface area contributed by atoms with Gasteiger partial charge in [-0.05, 0) is 24.7 Å². The Morgan fingerprint density at radius 2 is 2.36 bits per heavy atom. The fourth-order valence-electron chi connectivity index (χ4n) is 1.06. The Morgan fingerprint density at radius 1 is 1.50 bits per heavy atom. The summed E-state index contributed by atoms with van der Waals surface area (Å²) in [6.07, 6.45) is 5.72. The van der Waals surface area contributed by atoms with Crippen molar-refractivity contribution in [2.45, 2.75) is 17.7 Å². The summed E-state index contributed by atoms with van der Waals surface area (Å²) < 4.78 is 4.97. The molecule has 1 heterocycles. The molecule has 0 saturated carbocycles. The first-order chi connectivity index (χ1) is 6.84. The van der Waals surface area contributed by atoms with Crippen LogP contribution in [0.5, 0.6) is 0 Å². The maximum Gasteiger partial charge on any atom is 0.0638 e. The van der Waals surface area contributed by atoms with Crippen LogP contribution in [0.2, 0.25) is 0 Å². The monoisotopic (exact) mass is 212 g/mol. The third-order valence-electron chi connectivity index (χ3n) is 1.81. The Balaban J connectivity index is 2.21. The van der Waals surface area contributed by atoms with E-state index in [1.54, 1.807) is 31.3 Å². The van der Waals surface area contributed by atoms with Crippen molar-refractivity contribution in [3.63, 3.8) is 0 Å². The van der Waals surface area contributed by atoms with Gasteiger partial charge in [0.1, 0.15) is 0 Å². The summed E-state index contributed by atoms with van der Waals surface area (Å²) in [6.45, 7) is 0.840. The molecule has 3 nitrogen and oxygen atoms in total. The summed E-state index contributed by atoms with van der Waals surface area (Å²) in [7, 11) is 1.73. The molecule has 0 aliphatic carbocycles. The minimum Gasteiger partial charge on any atom is -0.397 e. The molecule has 1 rings (SSSR count). The molecule has 0 radical (unpaired) electrons. The van der Waals surface area contributed by atoms with Crippen LogP contribution in [0.3, 0.4) is 0 Å². The second-order valence-corrected chi connectivity index (χ2v) is 4.10. The van der Waals surface area contributed by atoms with Crippen LogP contribution >= 0.6 is 11.8 Å². The molecule has 0 atom stereocenters. The molecule has 2 N–H and O–H groups in total. The highest BCUT2D eigenvalue weighted by molar-refractivity contribution is 7.99. The highest BCUT2D eigenvalue weighted by Gasteiger charge is 1.98. The first-order valence-electron chi connectivity index (χ1n) is 4.66. The number of thioether (sulfide) groups is 1. The summed E-state index contributed by atoms with van der Waals surface area (Å²) in [6, 6.07) is 1.95. The van der Waals surface area contributed by atoms with E-state index >= 15 is 0 Å². The number of aromatic nitrogens is 1. The van der Waals surface area contributed by atoms with E-state index in [-0.39, 0.29) is 0 Å². The number of hydrogen-bond donors (Lipinski definition) is 1. The number of anilines is 1. The summed E-state index contributed by atoms with van der Waals surface area (Å²) in [5.41, 5.74) is 6.52. The number of pyridine rings is 1. The fourth-order valence-corrected chi connectivity index (χ4v) is 2.00. The normalized spacial score (nSPS) is 10.4. The number of rotatable bonds is 6. The van der Waals surface area contributed by atoms with Gasteiger partial charge in [0.15, 0.2) is 0 Å². The van der Waals surface area contributed by atoms with Crippen molar-refractivity contribution in [1.82, 2.24) is 4.98 Å². The van der Waals surface area contributed by atoms with E-state index in [0.717, 1.165) is 35.8 Å². The molecule has 1 aromatic heterocycles. The van der Waals surface area contributed by atoms with E-state index in [2.05, 4.69) is 4.98 Å². The zero-order valence-corrected chi connectivity index (χ0v) is 9.22. The van der Waals surface area contributed by atoms with Gasteiger partial charge < -0.3 is 10.5 Å². The lowest BCUT2D eigenvalue weighted by atomic mass is 10.4. The van der Waals surface area contributed by atoms with Gasteiger partial charge in [-0.25, -0.2) is 0 Å². The lowest BCUT2D eigenvalue weighted by Gasteiger charge is -2.03. The van der Waals surface area contributed by atoms with Crippen molar-refractivity contribution < 1.29 is 4.74 Å². The van der Waals surface area contributed by atoms with Gasteiger partial charge in [-0.15, -0.1) is 11.8 Å². The van der Waals surface area contributed by atoms with Crippen LogP contribution in [0.15, 0.2) is 23.4 Å². The highest BCUT2D eigenvalue weighted by Crippen LogP contribution is 2.24. The van der Waals surface area contributed by atoms with E-state index in [1.165, 1.54) is 0 Å². The second kappa shape index (κ2) is 6.68. The number of nitrogen functional groups attached to an aromatic ring is 1. The molecule has 0 amide bonds. The minimum absolute atomic E-state index is 0.768. The molecule has 14 heavy (non-hydrogen) atoms. The van der Waals surface area contributed by atoms with Crippen molar-refractivity contribution in [2.75, 3.05) is 25.2 Å². The van der Waals surface area contributed by atoms with Gasteiger partial charge in [-0.2, -0.15) is 0 Å². The van der Waals surface area contributed by atoms with Crippen LogP contribution in [-0.2, 0) is 4.74 Å². The molecule has 78 valence electrons. The van der Waals surface area contributed by atoms with Gasteiger partial charge >= 0.3 is 0 Å². The third kappa shape index (κ3) is 3.98. The second-order valence-electron chi connectivity index (χ2n) is 2.96. The van der Waals surface area contributed by atoms with Gasteiger partial charge in [0.2, 0.25) is 0 Å². The third-order valence-corrected chi connectivity index (χ3v) is 2.99. The maximum absolute atomic E-state index is 5.75. The molecule has 0 unspecified atom stereocenters. The molecule has 0 aliphatic rings. The van der Waals surface area contributed by atoms with Crippen LogP contribution in [0.1, 0.15) is 12.8 Å². The highest BCUT2D eigenvalue weighted by atomic mass is 32.2. The zero-order valence-electron chi connectivity index (χ0n) is 8.40. The molecular weight excluding hydrogens is 196 g/mol. The fraction of sp³-hybridized carbons (Fsp3) is 0.500. The zero-order chi connectivity index (χ0) is 10.2. The van der Waals surface area contributed by atoms with Gasteiger partial charge in [-0.1, -0.05) is 0 Å². The van der Waals surface area contributed by atoms with Gasteiger partial charge in [0.05, 0.1) is 11.9 Å². The lowest BCUT2D eigenvalue weighted by Crippen LogP contribution is -1.92. The standard InChI is InChI=1S/C10H16N2OS/c1-13-6-2-3-7-14-10-4-5-12-8-9(10)11/h4-5,8H,2-3,6-7,11H2,1H3. The first-order valence-corrected chi connectivity index (χ1v) is 5.64. The largest absolute Gasteiger partial charge is 0.397 e. The molecule has 0 aliphatic heterocycles. The topological polar surface area (TPSA) is 48.1 Å². The average Bonchev–Trinajstić information content (AvgIpc) is 2.20. The Hall–Kier alpha value is -0.740. The van der Waals surface area contributed by atoms with Crippen LogP contribution < -0.4 is 5.73 Å². The summed E-state index contributed by atoms with van der Waals surface area (Å²) >= 11 is 1.78.